The van der Waals surface area contributed by atoms with Crippen LogP contribution in [0.15, 0.2) is 72.6 Å². The molecule has 1 atom stereocenters. The standard InChI is InChI=1S/C37H40F2N4O2/c1-24(41-34(44)30-17-29(20-40-21-30)26-11-15-43(16-12-26)35(45)37(39)13-14-37)25-3-5-27(6-4-25)33(28-7-9-32(38)10-8-28)31-18-36(19-31)22-42(2)23-36/h3-10,17,20-21,24,26H,11-16,18-19,22-23H2,1-2H3,(H,41,44)/t24-/m1/s1. The van der Waals surface area contributed by atoms with E-state index in [1.165, 1.54) is 23.3 Å². The van der Waals surface area contributed by atoms with Crippen molar-refractivity contribution in [2.24, 2.45) is 5.41 Å². The number of carbonyl (C=O) groups is 2. The quantitative estimate of drug-likeness (QED) is 0.334. The maximum atomic E-state index is 14.2. The molecule has 45 heavy (non-hydrogen) atoms. The molecule has 2 aliphatic heterocycles. The second-order valence-electron chi connectivity index (χ2n) is 13.9. The van der Waals surface area contributed by atoms with E-state index < -0.39 is 5.67 Å². The van der Waals surface area contributed by atoms with E-state index in [1.807, 2.05) is 25.1 Å². The van der Waals surface area contributed by atoms with Crippen molar-refractivity contribution in [1.82, 2.24) is 20.1 Å². The van der Waals surface area contributed by atoms with Gasteiger partial charge in [0.2, 0.25) is 0 Å². The third kappa shape index (κ3) is 5.92. The van der Waals surface area contributed by atoms with Crippen LogP contribution in [0, 0.1) is 11.2 Å². The van der Waals surface area contributed by atoms with E-state index in [2.05, 4.69) is 46.5 Å². The van der Waals surface area contributed by atoms with Gasteiger partial charge in [-0.3, -0.25) is 14.6 Å². The van der Waals surface area contributed by atoms with Gasteiger partial charge in [0.25, 0.3) is 11.8 Å². The summed E-state index contributed by atoms with van der Waals surface area (Å²) in [6, 6.07) is 16.8. The number of likely N-dealkylation sites (tertiary alicyclic amines) is 2. The minimum absolute atomic E-state index is 0.175. The topological polar surface area (TPSA) is 65.5 Å². The molecule has 8 heteroatoms. The largest absolute Gasteiger partial charge is 0.345 e. The first-order valence-electron chi connectivity index (χ1n) is 16.1. The zero-order valence-corrected chi connectivity index (χ0v) is 26.0. The number of pyridine rings is 1. The van der Waals surface area contributed by atoms with E-state index in [9.17, 15) is 18.4 Å². The summed E-state index contributed by atoms with van der Waals surface area (Å²) >= 11 is 0. The highest BCUT2D eigenvalue weighted by atomic mass is 19.1. The molecule has 6 nitrogen and oxygen atoms in total. The van der Waals surface area contributed by atoms with Gasteiger partial charge in [-0.05, 0) is 104 Å². The Bertz CT molecular complexity index is 1620. The number of allylic oxidation sites excluding steroid dienone is 1. The highest BCUT2D eigenvalue weighted by molar-refractivity contribution is 5.94. The minimum Gasteiger partial charge on any atom is -0.345 e. The summed E-state index contributed by atoms with van der Waals surface area (Å²) in [5.74, 6) is -0.623. The average molecular weight is 611 g/mol. The zero-order valence-electron chi connectivity index (χ0n) is 26.0. The fourth-order valence-corrected chi connectivity index (χ4v) is 7.67. The molecule has 1 aromatic heterocycles. The summed E-state index contributed by atoms with van der Waals surface area (Å²) in [5.41, 5.74) is 5.97. The molecule has 2 aromatic carbocycles. The van der Waals surface area contributed by atoms with Crippen LogP contribution in [-0.2, 0) is 4.79 Å². The maximum Gasteiger partial charge on any atom is 0.260 e. The van der Waals surface area contributed by atoms with Crippen LogP contribution >= 0.6 is 0 Å². The molecule has 1 N–H and O–H groups in total. The molecular formula is C37H40F2N4O2. The van der Waals surface area contributed by atoms with Crippen LogP contribution in [0.2, 0.25) is 0 Å². The molecule has 4 fully saturated rings. The highest BCUT2D eigenvalue weighted by Gasteiger charge is 2.53. The summed E-state index contributed by atoms with van der Waals surface area (Å²) in [4.78, 5) is 34.0. The van der Waals surface area contributed by atoms with Crippen molar-refractivity contribution in [1.29, 1.82) is 0 Å². The molecule has 234 valence electrons. The number of aromatic nitrogens is 1. The predicted molar refractivity (Wildman–Crippen MR) is 170 cm³/mol. The number of hydrogen-bond donors (Lipinski definition) is 1. The molecule has 3 aromatic rings. The van der Waals surface area contributed by atoms with Crippen LogP contribution in [0.4, 0.5) is 8.78 Å². The monoisotopic (exact) mass is 610 g/mol. The van der Waals surface area contributed by atoms with Crippen molar-refractivity contribution in [3.8, 4) is 0 Å². The SMILES string of the molecule is C[C@@H](NC(=O)c1cncc(C2CCN(C(=O)C3(F)CC3)CC2)c1)c1ccc(C(=C2CC3(C2)CN(C)C3)c2ccc(F)cc2)cc1. The molecule has 2 amide bonds. The van der Waals surface area contributed by atoms with Crippen LogP contribution in [0.5, 0.6) is 0 Å². The van der Waals surface area contributed by atoms with Crippen LogP contribution in [-0.4, -0.2) is 65.5 Å². The van der Waals surface area contributed by atoms with Gasteiger partial charge in [0.05, 0.1) is 11.6 Å². The number of alkyl halides is 1. The highest BCUT2D eigenvalue weighted by Crippen LogP contribution is 2.54. The van der Waals surface area contributed by atoms with Gasteiger partial charge in [-0.2, -0.15) is 0 Å². The Balaban J connectivity index is 1.01. The second-order valence-corrected chi connectivity index (χ2v) is 13.9. The molecular weight excluding hydrogens is 570 g/mol. The van der Waals surface area contributed by atoms with Gasteiger partial charge in [0, 0.05) is 44.0 Å². The number of nitrogens with zero attached hydrogens (tertiary/aromatic N) is 3. The van der Waals surface area contributed by atoms with E-state index in [-0.39, 0.29) is 29.6 Å². The molecule has 2 saturated carbocycles. The molecule has 2 saturated heterocycles. The Morgan fingerprint density at radius 2 is 1.56 bits per heavy atom. The average Bonchev–Trinajstić information content (AvgIpc) is 3.78. The van der Waals surface area contributed by atoms with Crippen molar-refractivity contribution < 1.29 is 18.4 Å². The third-order valence-corrected chi connectivity index (χ3v) is 10.3. The van der Waals surface area contributed by atoms with Crippen LogP contribution < -0.4 is 5.32 Å². The molecule has 1 spiro atoms. The lowest BCUT2D eigenvalue weighted by molar-refractivity contribution is -0.139. The van der Waals surface area contributed by atoms with Crippen molar-refractivity contribution >= 4 is 17.4 Å². The fourth-order valence-electron chi connectivity index (χ4n) is 7.67. The maximum absolute atomic E-state index is 14.2. The number of halogens is 2. The van der Waals surface area contributed by atoms with Crippen LogP contribution in [0.1, 0.15) is 90.0 Å². The number of hydrogen-bond acceptors (Lipinski definition) is 4. The van der Waals surface area contributed by atoms with Gasteiger partial charge < -0.3 is 15.1 Å². The summed E-state index contributed by atoms with van der Waals surface area (Å²) < 4.78 is 28.0. The molecule has 0 radical (unpaired) electrons. The van der Waals surface area contributed by atoms with Crippen LogP contribution in [0.25, 0.3) is 5.57 Å². The number of carbonyl (C=O) groups excluding carboxylic acids is 2. The lowest BCUT2D eigenvalue weighted by Crippen LogP contribution is -2.58. The molecule has 2 aliphatic carbocycles. The van der Waals surface area contributed by atoms with Crippen LogP contribution in [0.3, 0.4) is 0 Å². The first-order valence-corrected chi connectivity index (χ1v) is 16.1. The fraction of sp³-hybridized carbons (Fsp3) is 0.432. The van der Waals surface area contributed by atoms with Crippen molar-refractivity contribution in [3.63, 3.8) is 0 Å². The summed E-state index contributed by atoms with van der Waals surface area (Å²) in [7, 11) is 2.16. The summed E-state index contributed by atoms with van der Waals surface area (Å²) in [6.07, 6.45) is 7.64. The Kier molecular flexibility index (Phi) is 7.59. The van der Waals surface area contributed by atoms with Gasteiger partial charge in [0.1, 0.15) is 5.82 Å². The lowest BCUT2D eigenvalue weighted by Gasteiger charge is -2.56. The number of amides is 2. The Hall–Kier alpha value is -3.91. The van der Waals surface area contributed by atoms with Gasteiger partial charge in [-0.1, -0.05) is 42.0 Å². The molecule has 4 aliphatic rings. The molecule has 0 bridgehead atoms. The lowest BCUT2D eigenvalue weighted by atomic mass is 9.59. The smallest absolute Gasteiger partial charge is 0.260 e. The number of nitrogens with one attached hydrogen (secondary N) is 1. The Labute approximate surface area is 263 Å². The van der Waals surface area contributed by atoms with Gasteiger partial charge in [0.15, 0.2) is 5.67 Å². The number of piperidine rings is 1. The van der Waals surface area contributed by atoms with E-state index in [0.29, 0.717) is 36.9 Å². The van der Waals surface area contributed by atoms with Crippen molar-refractivity contribution in [2.45, 2.75) is 63.1 Å². The normalized spacial score (nSPS) is 21.1. The van der Waals surface area contributed by atoms with E-state index in [1.54, 1.807) is 17.3 Å². The first kappa shape index (κ1) is 29.8. The zero-order chi connectivity index (χ0) is 31.3. The van der Waals surface area contributed by atoms with Gasteiger partial charge in [-0.15, -0.1) is 0 Å². The number of rotatable bonds is 7. The van der Waals surface area contributed by atoms with Crippen molar-refractivity contribution in [3.05, 3.63) is 106 Å². The van der Waals surface area contributed by atoms with Crippen molar-refractivity contribution in [2.75, 3.05) is 33.2 Å². The third-order valence-electron chi connectivity index (χ3n) is 10.3. The van der Waals surface area contributed by atoms with E-state index in [0.717, 1.165) is 61.0 Å². The summed E-state index contributed by atoms with van der Waals surface area (Å²) in [6.45, 7) is 5.27. The first-order chi connectivity index (χ1) is 21.6. The van der Waals surface area contributed by atoms with E-state index >= 15 is 0 Å². The Morgan fingerprint density at radius 3 is 2.16 bits per heavy atom. The minimum atomic E-state index is -1.63. The Morgan fingerprint density at radius 1 is 0.933 bits per heavy atom. The second kappa shape index (κ2) is 11.5. The van der Waals surface area contributed by atoms with Gasteiger partial charge >= 0.3 is 0 Å². The van der Waals surface area contributed by atoms with E-state index in [4.69, 9.17) is 0 Å². The molecule has 7 rings (SSSR count). The predicted octanol–water partition coefficient (Wildman–Crippen LogP) is 6.45. The summed E-state index contributed by atoms with van der Waals surface area (Å²) in [5, 5.41) is 3.12. The number of benzene rings is 2. The van der Waals surface area contributed by atoms with Gasteiger partial charge in [-0.25, -0.2) is 8.78 Å². The molecule has 3 heterocycles. The molecule has 0 unspecified atom stereocenters.